The lowest BCUT2D eigenvalue weighted by atomic mass is 10.1. The van der Waals surface area contributed by atoms with Crippen molar-refractivity contribution < 1.29 is 23.8 Å². The maximum absolute atomic E-state index is 13.2. The lowest BCUT2D eigenvalue weighted by Crippen LogP contribution is -2.48. The van der Waals surface area contributed by atoms with Crippen molar-refractivity contribution in [1.29, 1.82) is 0 Å². The van der Waals surface area contributed by atoms with E-state index in [9.17, 15) is 14.7 Å². The molecule has 1 saturated carbocycles. The summed E-state index contributed by atoms with van der Waals surface area (Å²) in [6, 6.07) is 10.9. The molecule has 5 aromatic rings. The van der Waals surface area contributed by atoms with Crippen LogP contribution in [-0.2, 0) is 26.2 Å². The Balaban J connectivity index is 0.989. The fourth-order valence-corrected chi connectivity index (χ4v) is 6.16. The Morgan fingerprint density at radius 1 is 1.07 bits per heavy atom. The smallest absolute Gasteiger partial charge is 0.335 e. The van der Waals surface area contributed by atoms with E-state index in [-0.39, 0.29) is 23.8 Å². The molecule has 1 aliphatic heterocycles. The molecule has 1 amide bonds. The van der Waals surface area contributed by atoms with E-state index in [4.69, 9.17) is 25.7 Å². The average Bonchev–Trinajstić information content (AvgIpc) is 3.48. The molecule has 2 fully saturated rings. The Hall–Kier alpha value is -4.68. The van der Waals surface area contributed by atoms with Crippen molar-refractivity contribution in [3.05, 3.63) is 94.4 Å². The number of fused-ring (bicyclic) bond motifs is 1. The van der Waals surface area contributed by atoms with Gasteiger partial charge in [-0.15, -0.1) is 0 Å². The van der Waals surface area contributed by atoms with Crippen molar-refractivity contribution >= 4 is 34.5 Å². The number of hydrogen-bond donors (Lipinski definition) is 1. The molecule has 0 bridgehead atoms. The number of imidazole rings is 2. The third-order valence-corrected chi connectivity index (χ3v) is 8.97. The van der Waals surface area contributed by atoms with Crippen molar-refractivity contribution in [3.63, 3.8) is 0 Å². The fraction of sp³-hybridized carbons (Fsp3) is 0.364. The summed E-state index contributed by atoms with van der Waals surface area (Å²) in [6.45, 7) is 6.26. The Labute approximate surface area is 270 Å². The van der Waals surface area contributed by atoms with Crippen LogP contribution in [0, 0.1) is 0 Å². The molecule has 7 rings (SSSR count). The summed E-state index contributed by atoms with van der Waals surface area (Å²) in [4.78, 5) is 42.4. The number of ether oxygens (including phenoxy) is 1. The molecular formula is C33H34ClN7O5. The van der Waals surface area contributed by atoms with E-state index >= 15 is 0 Å². The minimum Gasteiger partial charge on any atom is -0.482 e. The number of carboxylic acid groups (broad SMARTS) is 1. The topological polar surface area (TPSA) is 132 Å². The fourth-order valence-electron chi connectivity index (χ4n) is 5.91. The second kappa shape index (κ2) is 12.6. The van der Waals surface area contributed by atoms with Gasteiger partial charge in [0.2, 0.25) is 11.7 Å². The molecule has 1 N–H and O–H groups in total. The molecule has 4 heterocycles. The van der Waals surface area contributed by atoms with Crippen molar-refractivity contribution in [3.8, 4) is 5.75 Å². The lowest BCUT2D eigenvalue weighted by molar-refractivity contribution is 0.0589. The molecule has 1 aliphatic carbocycles. The number of hydrogen-bond acceptors (Lipinski definition) is 8. The van der Waals surface area contributed by atoms with Crippen LogP contribution in [0.2, 0.25) is 5.02 Å². The van der Waals surface area contributed by atoms with Gasteiger partial charge in [-0.05, 0) is 61.6 Å². The number of oxazole rings is 1. The number of benzene rings is 2. The number of rotatable bonds is 11. The quantitative estimate of drug-likeness (QED) is 0.210. The van der Waals surface area contributed by atoms with E-state index in [1.54, 1.807) is 29.4 Å². The highest BCUT2D eigenvalue weighted by Gasteiger charge is 2.27. The van der Waals surface area contributed by atoms with E-state index in [0.29, 0.717) is 61.8 Å². The van der Waals surface area contributed by atoms with Crippen LogP contribution >= 0.6 is 11.6 Å². The SMILES string of the molecule is CCn1cncc1Cn1c(CN2CCN(C(=O)c3cnc(COc4ccc(C5CC5)cc4Cl)o3)CC2)nc2ccc(C(=O)O)cc21. The largest absolute Gasteiger partial charge is 0.482 e. The minimum absolute atomic E-state index is 0.0670. The van der Waals surface area contributed by atoms with Gasteiger partial charge in [0, 0.05) is 38.9 Å². The second-order valence-electron chi connectivity index (χ2n) is 11.7. The zero-order chi connectivity index (χ0) is 31.8. The van der Waals surface area contributed by atoms with Gasteiger partial charge in [-0.2, -0.15) is 0 Å². The number of aryl methyl sites for hydroxylation is 1. The van der Waals surface area contributed by atoms with Gasteiger partial charge in [0.25, 0.3) is 5.91 Å². The minimum atomic E-state index is -0.982. The second-order valence-corrected chi connectivity index (χ2v) is 12.1. The van der Waals surface area contributed by atoms with Crippen LogP contribution in [-0.4, -0.2) is 77.0 Å². The van der Waals surface area contributed by atoms with Gasteiger partial charge < -0.3 is 28.3 Å². The van der Waals surface area contributed by atoms with E-state index in [1.165, 1.54) is 24.6 Å². The number of nitrogens with zero attached hydrogens (tertiary/aromatic N) is 7. The van der Waals surface area contributed by atoms with E-state index < -0.39 is 5.97 Å². The number of carbonyl (C=O) groups is 2. The Kier molecular flexibility index (Phi) is 8.22. The molecule has 2 aliphatic rings. The number of carbonyl (C=O) groups excluding carboxylic acids is 1. The first kappa shape index (κ1) is 30.0. The summed E-state index contributed by atoms with van der Waals surface area (Å²) in [7, 11) is 0. The average molecular weight is 644 g/mol. The van der Waals surface area contributed by atoms with Crippen LogP contribution in [0.5, 0.6) is 5.75 Å². The zero-order valence-corrected chi connectivity index (χ0v) is 26.2. The van der Waals surface area contributed by atoms with Gasteiger partial charge in [-0.25, -0.2) is 19.7 Å². The molecule has 0 spiro atoms. The van der Waals surface area contributed by atoms with E-state index in [2.05, 4.69) is 30.9 Å². The molecule has 3 aromatic heterocycles. The van der Waals surface area contributed by atoms with Crippen molar-refractivity contribution in [2.75, 3.05) is 26.2 Å². The monoisotopic (exact) mass is 643 g/mol. The standard InChI is InChI=1S/C33H34ClN7O5/c1-2-39-20-35-15-24(39)17-41-27-14-23(33(43)44)5-7-26(27)37-30(41)18-38-9-11-40(12-10-38)32(42)29-16-36-31(46-29)19-45-28-8-6-22(13-25(28)34)21-3-4-21/h5-8,13-16,20-21H,2-4,9-12,17-19H2,1H3,(H,43,44). The van der Waals surface area contributed by atoms with Gasteiger partial charge >= 0.3 is 5.97 Å². The predicted molar refractivity (Wildman–Crippen MR) is 169 cm³/mol. The van der Waals surface area contributed by atoms with Gasteiger partial charge in [-0.3, -0.25) is 9.69 Å². The summed E-state index contributed by atoms with van der Waals surface area (Å²) < 4.78 is 15.7. The van der Waals surface area contributed by atoms with Crippen LogP contribution in [0.1, 0.15) is 69.6 Å². The summed E-state index contributed by atoms with van der Waals surface area (Å²) in [5, 5.41) is 10.2. The van der Waals surface area contributed by atoms with Crippen molar-refractivity contribution in [2.24, 2.45) is 0 Å². The molecule has 2 aromatic carbocycles. The zero-order valence-electron chi connectivity index (χ0n) is 25.4. The number of aromatic carboxylic acids is 1. The van der Waals surface area contributed by atoms with Crippen LogP contribution in [0.3, 0.4) is 0 Å². The maximum atomic E-state index is 13.2. The van der Waals surface area contributed by atoms with Gasteiger partial charge in [0.15, 0.2) is 6.61 Å². The number of amides is 1. The summed E-state index contributed by atoms with van der Waals surface area (Å²) in [6.07, 6.45) is 7.46. The van der Waals surface area contributed by atoms with Gasteiger partial charge in [0.1, 0.15) is 11.6 Å². The number of aromatic nitrogens is 5. The Morgan fingerprint density at radius 3 is 2.63 bits per heavy atom. The van der Waals surface area contributed by atoms with Gasteiger partial charge in [0.05, 0.1) is 52.9 Å². The molecule has 0 radical (unpaired) electrons. The Morgan fingerprint density at radius 2 is 1.89 bits per heavy atom. The highest BCUT2D eigenvalue weighted by molar-refractivity contribution is 6.32. The predicted octanol–water partition coefficient (Wildman–Crippen LogP) is 5.06. The maximum Gasteiger partial charge on any atom is 0.335 e. The van der Waals surface area contributed by atoms with E-state index in [1.807, 2.05) is 24.4 Å². The number of halogens is 1. The summed E-state index contributed by atoms with van der Waals surface area (Å²) in [5.74, 6) is 1.26. The van der Waals surface area contributed by atoms with Crippen LogP contribution in [0.15, 0.2) is 59.5 Å². The van der Waals surface area contributed by atoms with Crippen LogP contribution < -0.4 is 4.74 Å². The third-order valence-electron chi connectivity index (χ3n) is 8.68. The molecule has 1 saturated heterocycles. The molecule has 46 heavy (non-hydrogen) atoms. The van der Waals surface area contributed by atoms with E-state index in [0.717, 1.165) is 29.1 Å². The van der Waals surface area contributed by atoms with Gasteiger partial charge in [-0.1, -0.05) is 17.7 Å². The third kappa shape index (κ3) is 6.22. The van der Waals surface area contributed by atoms with Crippen molar-refractivity contribution in [2.45, 2.75) is 51.9 Å². The highest BCUT2D eigenvalue weighted by Crippen LogP contribution is 2.42. The highest BCUT2D eigenvalue weighted by atomic mass is 35.5. The first-order chi connectivity index (χ1) is 22.4. The number of carboxylic acids is 1. The molecule has 0 atom stereocenters. The number of piperazine rings is 1. The molecule has 238 valence electrons. The summed E-state index contributed by atoms with van der Waals surface area (Å²) >= 11 is 6.41. The lowest BCUT2D eigenvalue weighted by Gasteiger charge is -2.34. The molecule has 0 unspecified atom stereocenters. The van der Waals surface area contributed by atoms with Crippen LogP contribution in [0.25, 0.3) is 11.0 Å². The first-order valence-electron chi connectivity index (χ1n) is 15.5. The van der Waals surface area contributed by atoms with Crippen LogP contribution in [0.4, 0.5) is 0 Å². The molecule has 13 heteroatoms. The summed E-state index contributed by atoms with van der Waals surface area (Å²) in [5.41, 5.74) is 3.94. The molecule has 12 nitrogen and oxygen atoms in total. The van der Waals surface area contributed by atoms with Crippen molar-refractivity contribution in [1.82, 2.24) is 33.9 Å². The normalized spacial score (nSPS) is 15.5. The molecular weight excluding hydrogens is 610 g/mol. The Bertz CT molecular complexity index is 1900. The first-order valence-corrected chi connectivity index (χ1v) is 15.8.